The lowest BCUT2D eigenvalue weighted by Gasteiger charge is -2.24. The number of hydrogen-bond donors (Lipinski definition) is 1. The first-order valence-corrected chi connectivity index (χ1v) is 6.57. The van der Waals surface area contributed by atoms with Gasteiger partial charge in [0.25, 0.3) is 5.91 Å². The van der Waals surface area contributed by atoms with Gasteiger partial charge in [-0.1, -0.05) is 11.6 Å². The smallest absolute Gasteiger partial charge is 0.251 e. The van der Waals surface area contributed by atoms with Crippen LogP contribution in [0.4, 0.5) is 0 Å². The van der Waals surface area contributed by atoms with E-state index in [0.29, 0.717) is 29.3 Å². The lowest BCUT2D eigenvalue weighted by Crippen LogP contribution is -2.41. The number of nitrogens with zero attached hydrogens (tertiary/aromatic N) is 2. The summed E-state index contributed by atoms with van der Waals surface area (Å²) in [6, 6.07) is 4.29. The Morgan fingerprint density at radius 2 is 2.39 bits per heavy atom. The van der Waals surface area contributed by atoms with Crippen LogP contribution in [0.3, 0.4) is 0 Å². The van der Waals surface area contributed by atoms with E-state index in [1.807, 2.05) is 0 Å². The van der Waals surface area contributed by atoms with Crippen LogP contribution in [-0.2, 0) is 0 Å². The molecule has 1 aliphatic rings. The van der Waals surface area contributed by atoms with Gasteiger partial charge in [-0.15, -0.1) is 0 Å². The van der Waals surface area contributed by atoms with Crippen molar-refractivity contribution >= 4 is 17.5 Å². The standard InChI is InChI=1S/C13H18ClN3O/c1-9(17(2)11-3-4-11)8-16-13(18)10-5-6-15-12(14)7-10/h5-7,9,11H,3-4,8H2,1-2H3,(H,16,18). The fourth-order valence-electron chi connectivity index (χ4n) is 1.87. The van der Waals surface area contributed by atoms with Crippen molar-refractivity contribution in [3.05, 3.63) is 29.0 Å². The monoisotopic (exact) mass is 267 g/mol. The molecule has 1 fully saturated rings. The third-order valence-electron chi connectivity index (χ3n) is 3.36. The summed E-state index contributed by atoms with van der Waals surface area (Å²) in [4.78, 5) is 18.1. The highest BCUT2D eigenvalue weighted by molar-refractivity contribution is 6.29. The van der Waals surface area contributed by atoms with E-state index in [1.165, 1.54) is 19.0 Å². The van der Waals surface area contributed by atoms with E-state index in [0.717, 1.165) is 0 Å². The Kier molecular flexibility index (Phi) is 4.19. The first kappa shape index (κ1) is 13.3. The second kappa shape index (κ2) is 5.67. The van der Waals surface area contributed by atoms with Crippen LogP contribution >= 0.6 is 11.6 Å². The van der Waals surface area contributed by atoms with Crippen LogP contribution in [0.5, 0.6) is 0 Å². The van der Waals surface area contributed by atoms with Crippen LogP contribution in [0.15, 0.2) is 18.3 Å². The Hall–Kier alpha value is -1.13. The molecule has 1 N–H and O–H groups in total. The van der Waals surface area contributed by atoms with Crippen molar-refractivity contribution in [3.8, 4) is 0 Å². The molecule has 18 heavy (non-hydrogen) atoms. The molecule has 1 aliphatic carbocycles. The number of pyridine rings is 1. The van der Waals surface area contributed by atoms with Crippen molar-refractivity contribution < 1.29 is 4.79 Å². The second-order valence-electron chi connectivity index (χ2n) is 4.82. The molecule has 1 unspecified atom stereocenters. The summed E-state index contributed by atoms with van der Waals surface area (Å²) in [5, 5.41) is 3.26. The van der Waals surface area contributed by atoms with E-state index in [9.17, 15) is 4.79 Å². The normalized spacial score (nSPS) is 16.7. The number of amides is 1. The predicted molar refractivity (Wildman–Crippen MR) is 71.8 cm³/mol. The largest absolute Gasteiger partial charge is 0.350 e. The maximum atomic E-state index is 11.9. The molecule has 2 rings (SSSR count). The molecular weight excluding hydrogens is 250 g/mol. The summed E-state index contributed by atoms with van der Waals surface area (Å²) in [7, 11) is 2.11. The molecule has 0 aliphatic heterocycles. The van der Waals surface area contributed by atoms with E-state index in [-0.39, 0.29) is 5.91 Å². The number of carbonyl (C=O) groups excluding carboxylic acids is 1. The van der Waals surface area contributed by atoms with Gasteiger partial charge in [-0.2, -0.15) is 0 Å². The average Bonchev–Trinajstić information content (AvgIpc) is 3.18. The minimum Gasteiger partial charge on any atom is -0.350 e. The zero-order chi connectivity index (χ0) is 13.1. The molecule has 0 radical (unpaired) electrons. The van der Waals surface area contributed by atoms with Crippen molar-refractivity contribution in [1.29, 1.82) is 0 Å². The molecule has 0 aromatic carbocycles. The van der Waals surface area contributed by atoms with E-state index >= 15 is 0 Å². The van der Waals surface area contributed by atoms with E-state index in [1.54, 1.807) is 12.1 Å². The molecule has 1 aromatic rings. The third-order valence-corrected chi connectivity index (χ3v) is 3.57. The number of carbonyl (C=O) groups is 1. The zero-order valence-electron chi connectivity index (χ0n) is 10.7. The minimum absolute atomic E-state index is 0.102. The summed E-state index contributed by atoms with van der Waals surface area (Å²) < 4.78 is 0. The van der Waals surface area contributed by atoms with Crippen LogP contribution < -0.4 is 5.32 Å². The van der Waals surface area contributed by atoms with Crippen LogP contribution in [0.2, 0.25) is 5.15 Å². The van der Waals surface area contributed by atoms with Crippen molar-refractivity contribution in [2.45, 2.75) is 31.8 Å². The van der Waals surface area contributed by atoms with Crippen LogP contribution in [-0.4, -0.2) is 41.5 Å². The van der Waals surface area contributed by atoms with Crippen molar-refractivity contribution in [2.75, 3.05) is 13.6 Å². The molecule has 1 saturated carbocycles. The number of likely N-dealkylation sites (N-methyl/N-ethyl adjacent to an activating group) is 1. The third kappa shape index (κ3) is 3.43. The molecule has 1 atom stereocenters. The Morgan fingerprint density at radius 3 is 3.00 bits per heavy atom. The fourth-order valence-corrected chi connectivity index (χ4v) is 2.05. The first-order valence-electron chi connectivity index (χ1n) is 6.19. The van der Waals surface area contributed by atoms with Gasteiger partial charge in [0.05, 0.1) is 0 Å². The fraction of sp³-hybridized carbons (Fsp3) is 0.538. The summed E-state index contributed by atoms with van der Waals surface area (Å²) in [6.45, 7) is 2.77. The summed E-state index contributed by atoms with van der Waals surface area (Å²) in [5.74, 6) is -0.102. The highest BCUT2D eigenvalue weighted by Gasteiger charge is 2.29. The van der Waals surface area contributed by atoms with Crippen molar-refractivity contribution in [2.24, 2.45) is 0 Å². The SMILES string of the molecule is CC(CNC(=O)c1ccnc(Cl)c1)N(C)C1CC1. The molecule has 0 spiro atoms. The number of aromatic nitrogens is 1. The number of hydrogen-bond acceptors (Lipinski definition) is 3. The van der Waals surface area contributed by atoms with Gasteiger partial charge in [0.1, 0.15) is 5.15 Å². The van der Waals surface area contributed by atoms with Gasteiger partial charge < -0.3 is 5.32 Å². The quantitative estimate of drug-likeness (QED) is 0.830. The predicted octanol–water partition coefficient (Wildman–Crippen LogP) is 1.95. The van der Waals surface area contributed by atoms with Gasteiger partial charge >= 0.3 is 0 Å². The van der Waals surface area contributed by atoms with Gasteiger partial charge in [-0.3, -0.25) is 9.69 Å². The van der Waals surface area contributed by atoms with E-state index < -0.39 is 0 Å². The molecule has 4 nitrogen and oxygen atoms in total. The van der Waals surface area contributed by atoms with Gasteiger partial charge in [-0.05, 0) is 38.9 Å². The van der Waals surface area contributed by atoms with Crippen LogP contribution in [0.1, 0.15) is 30.1 Å². The molecule has 0 bridgehead atoms. The summed E-state index contributed by atoms with van der Waals surface area (Å²) in [5.41, 5.74) is 0.552. The van der Waals surface area contributed by atoms with E-state index in [4.69, 9.17) is 11.6 Å². The second-order valence-corrected chi connectivity index (χ2v) is 5.21. The van der Waals surface area contributed by atoms with Gasteiger partial charge in [-0.25, -0.2) is 4.98 Å². The Labute approximate surface area is 112 Å². The lowest BCUT2D eigenvalue weighted by atomic mass is 10.2. The number of halogens is 1. The van der Waals surface area contributed by atoms with Crippen LogP contribution in [0.25, 0.3) is 0 Å². The first-order chi connectivity index (χ1) is 8.58. The molecular formula is C13H18ClN3O. The minimum atomic E-state index is -0.102. The number of rotatable bonds is 5. The lowest BCUT2D eigenvalue weighted by molar-refractivity contribution is 0.0939. The molecule has 0 saturated heterocycles. The highest BCUT2D eigenvalue weighted by Crippen LogP contribution is 2.26. The van der Waals surface area contributed by atoms with E-state index in [2.05, 4.69) is 29.2 Å². The topological polar surface area (TPSA) is 45.2 Å². The molecule has 5 heteroatoms. The maximum Gasteiger partial charge on any atom is 0.251 e. The maximum absolute atomic E-state index is 11.9. The Morgan fingerprint density at radius 1 is 1.67 bits per heavy atom. The summed E-state index contributed by atoms with van der Waals surface area (Å²) in [6.07, 6.45) is 4.08. The van der Waals surface area contributed by atoms with Crippen molar-refractivity contribution in [1.82, 2.24) is 15.2 Å². The Balaban J connectivity index is 1.84. The molecule has 1 amide bonds. The zero-order valence-corrected chi connectivity index (χ0v) is 11.4. The highest BCUT2D eigenvalue weighted by atomic mass is 35.5. The van der Waals surface area contributed by atoms with Gasteiger partial charge in [0.15, 0.2) is 0 Å². The Bertz CT molecular complexity index is 434. The molecule has 1 aromatic heterocycles. The van der Waals surface area contributed by atoms with Crippen LogP contribution in [0, 0.1) is 0 Å². The average molecular weight is 268 g/mol. The molecule has 98 valence electrons. The van der Waals surface area contributed by atoms with Gasteiger partial charge in [0, 0.05) is 30.4 Å². The molecule has 1 heterocycles. The number of nitrogens with one attached hydrogen (secondary N) is 1. The van der Waals surface area contributed by atoms with Gasteiger partial charge in [0.2, 0.25) is 0 Å². The van der Waals surface area contributed by atoms with Crippen molar-refractivity contribution in [3.63, 3.8) is 0 Å². The summed E-state index contributed by atoms with van der Waals surface area (Å²) >= 11 is 5.75.